The topological polar surface area (TPSA) is 59.2 Å². The molecule has 0 saturated carbocycles. The molecule has 0 bridgehead atoms. The zero-order valence-electron chi connectivity index (χ0n) is 11.2. The normalized spacial score (nSPS) is 14.5. The molecule has 1 aromatic carbocycles. The molecule has 0 unspecified atom stereocenters. The third kappa shape index (κ3) is 2.37. The van der Waals surface area contributed by atoms with Crippen molar-refractivity contribution < 1.29 is 4.79 Å². The average Bonchev–Trinajstić information content (AvgIpc) is 3.01. The minimum absolute atomic E-state index is 0.397. The van der Waals surface area contributed by atoms with Gasteiger partial charge < -0.3 is 10.6 Å². The highest BCUT2D eigenvalue weighted by molar-refractivity contribution is 5.99. The maximum atomic E-state index is 11.7. The molecule has 20 heavy (non-hydrogen) atoms. The molecule has 1 aliphatic heterocycles. The molecule has 4 heteroatoms. The lowest BCUT2D eigenvalue weighted by Gasteiger charge is -2.20. The van der Waals surface area contributed by atoms with Gasteiger partial charge >= 0.3 is 0 Å². The van der Waals surface area contributed by atoms with Crippen LogP contribution in [-0.2, 0) is 0 Å². The van der Waals surface area contributed by atoms with E-state index < -0.39 is 5.91 Å². The van der Waals surface area contributed by atoms with Crippen LogP contribution in [0.15, 0.2) is 42.6 Å². The predicted molar refractivity (Wildman–Crippen MR) is 79.6 cm³/mol. The van der Waals surface area contributed by atoms with Gasteiger partial charge in [0.25, 0.3) is 5.91 Å². The fourth-order valence-corrected chi connectivity index (χ4v) is 2.62. The highest BCUT2D eigenvalue weighted by Crippen LogP contribution is 2.27. The molecule has 0 radical (unpaired) electrons. The number of nitrogens with two attached hydrogens (primary N) is 1. The van der Waals surface area contributed by atoms with Gasteiger partial charge in [-0.25, -0.2) is 0 Å². The minimum atomic E-state index is -0.397. The summed E-state index contributed by atoms with van der Waals surface area (Å²) in [4.78, 5) is 18.4. The van der Waals surface area contributed by atoms with Crippen molar-refractivity contribution >= 4 is 11.6 Å². The van der Waals surface area contributed by atoms with Gasteiger partial charge in [-0.05, 0) is 18.9 Å². The van der Waals surface area contributed by atoms with Crippen LogP contribution in [0.3, 0.4) is 0 Å². The molecule has 1 fully saturated rings. The SMILES string of the molecule is NC(=O)c1cc(-c2ccccc2)ncc1N1CCCC1. The second-order valence-corrected chi connectivity index (χ2v) is 5.01. The Morgan fingerprint density at radius 3 is 2.50 bits per heavy atom. The zero-order chi connectivity index (χ0) is 13.9. The summed E-state index contributed by atoms with van der Waals surface area (Å²) in [6, 6.07) is 11.6. The highest BCUT2D eigenvalue weighted by atomic mass is 16.1. The molecule has 102 valence electrons. The predicted octanol–water partition coefficient (Wildman–Crippen LogP) is 2.45. The molecule has 0 spiro atoms. The number of anilines is 1. The van der Waals surface area contributed by atoms with E-state index in [1.54, 1.807) is 12.3 Å². The number of rotatable bonds is 3. The standard InChI is InChI=1S/C16H17N3O/c17-16(20)13-10-14(12-6-2-1-3-7-12)18-11-15(13)19-8-4-5-9-19/h1-3,6-7,10-11H,4-5,8-9H2,(H2,17,20). The monoisotopic (exact) mass is 267 g/mol. The Morgan fingerprint density at radius 2 is 1.85 bits per heavy atom. The van der Waals surface area contributed by atoms with Crippen LogP contribution >= 0.6 is 0 Å². The molecule has 2 N–H and O–H groups in total. The molecule has 1 aromatic heterocycles. The molecule has 0 aliphatic carbocycles. The Bertz CT molecular complexity index is 619. The van der Waals surface area contributed by atoms with Gasteiger partial charge in [-0.3, -0.25) is 9.78 Å². The number of nitrogens with zero attached hydrogens (tertiary/aromatic N) is 2. The van der Waals surface area contributed by atoms with Gasteiger partial charge in [0, 0.05) is 18.7 Å². The number of carbonyl (C=O) groups is 1. The van der Waals surface area contributed by atoms with Gasteiger partial charge in [0.1, 0.15) is 0 Å². The van der Waals surface area contributed by atoms with E-state index in [-0.39, 0.29) is 0 Å². The smallest absolute Gasteiger partial charge is 0.250 e. The molecule has 2 heterocycles. The van der Waals surface area contributed by atoms with Gasteiger partial charge in [0.15, 0.2) is 0 Å². The van der Waals surface area contributed by atoms with Crippen molar-refractivity contribution in [1.82, 2.24) is 4.98 Å². The number of carbonyl (C=O) groups excluding carboxylic acids is 1. The van der Waals surface area contributed by atoms with Gasteiger partial charge in [0.05, 0.1) is 23.1 Å². The molecular weight excluding hydrogens is 250 g/mol. The van der Waals surface area contributed by atoms with E-state index in [9.17, 15) is 4.79 Å². The highest BCUT2D eigenvalue weighted by Gasteiger charge is 2.19. The number of pyridine rings is 1. The summed E-state index contributed by atoms with van der Waals surface area (Å²) in [7, 11) is 0. The van der Waals surface area contributed by atoms with Crippen molar-refractivity contribution in [1.29, 1.82) is 0 Å². The van der Waals surface area contributed by atoms with Crippen molar-refractivity contribution in [2.75, 3.05) is 18.0 Å². The first-order chi connectivity index (χ1) is 9.75. The third-order valence-corrected chi connectivity index (χ3v) is 3.66. The average molecular weight is 267 g/mol. The van der Waals surface area contributed by atoms with Crippen molar-refractivity contribution in [2.45, 2.75) is 12.8 Å². The summed E-state index contributed by atoms with van der Waals surface area (Å²) >= 11 is 0. The van der Waals surface area contributed by atoms with E-state index in [0.29, 0.717) is 5.56 Å². The van der Waals surface area contributed by atoms with Crippen LogP contribution in [0, 0.1) is 0 Å². The van der Waals surface area contributed by atoms with Gasteiger partial charge in [-0.2, -0.15) is 0 Å². The fourth-order valence-electron chi connectivity index (χ4n) is 2.62. The summed E-state index contributed by atoms with van der Waals surface area (Å²) in [5.74, 6) is -0.397. The summed E-state index contributed by atoms with van der Waals surface area (Å²) in [5, 5.41) is 0. The van der Waals surface area contributed by atoms with Crippen molar-refractivity contribution in [3.8, 4) is 11.3 Å². The minimum Gasteiger partial charge on any atom is -0.370 e. The molecule has 1 saturated heterocycles. The Morgan fingerprint density at radius 1 is 1.15 bits per heavy atom. The molecule has 3 rings (SSSR count). The summed E-state index contributed by atoms with van der Waals surface area (Å²) in [6.45, 7) is 1.93. The van der Waals surface area contributed by atoms with E-state index in [0.717, 1.165) is 42.9 Å². The van der Waals surface area contributed by atoms with E-state index in [1.807, 2.05) is 30.3 Å². The summed E-state index contributed by atoms with van der Waals surface area (Å²) < 4.78 is 0. The van der Waals surface area contributed by atoms with Crippen LogP contribution in [0.2, 0.25) is 0 Å². The van der Waals surface area contributed by atoms with Crippen LogP contribution in [-0.4, -0.2) is 24.0 Å². The molecule has 1 aliphatic rings. The fraction of sp³-hybridized carbons (Fsp3) is 0.250. The first kappa shape index (κ1) is 12.7. The van der Waals surface area contributed by atoms with Crippen LogP contribution in [0.5, 0.6) is 0 Å². The number of amides is 1. The zero-order valence-corrected chi connectivity index (χ0v) is 11.2. The Labute approximate surface area is 118 Å². The number of primary amides is 1. The Hall–Kier alpha value is -2.36. The molecular formula is C16H17N3O. The molecule has 0 atom stereocenters. The van der Waals surface area contributed by atoms with Gasteiger partial charge in [0.2, 0.25) is 0 Å². The summed E-state index contributed by atoms with van der Waals surface area (Å²) in [6.07, 6.45) is 4.07. The third-order valence-electron chi connectivity index (χ3n) is 3.66. The second kappa shape index (κ2) is 5.33. The number of hydrogen-bond acceptors (Lipinski definition) is 3. The Balaban J connectivity index is 2.04. The molecule has 4 nitrogen and oxygen atoms in total. The van der Waals surface area contributed by atoms with Crippen LogP contribution in [0.4, 0.5) is 5.69 Å². The molecule has 1 amide bonds. The number of hydrogen-bond donors (Lipinski definition) is 1. The van der Waals surface area contributed by atoms with E-state index >= 15 is 0 Å². The lowest BCUT2D eigenvalue weighted by molar-refractivity contribution is 0.100. The number of benzene rings is 1. The van der Waals surface area contributed by atoms with Gasteiger partial charge in [-0.15, -0.1) is 0 Å². The Kier molecular flexibility index (Phi) is 3.37. The summed E-state index contributed by atoms with van der Waals surface area (Å²) in [5.41, 5.74) is 8.72. The first-order valence-electron chi connectivity index (χ1n) is 6.86. The van der Waals surface area contributed by atoms with E-state index in [2.05, 4.69) is 9.88 Å². The second-order valence-electron chi connectivity index (χ2n) is 5.01. The van der Waals surface area contributed by atoms with Crippen LogP contribution in [0.1, 0.15) is 23.2 Å². The quantitative estimate of drug-likeness (QED) is 0.929. The van der Waals surface area contributed by atoms with Crippen molar-refractivity contribution in [2.24, 2.45) is 5.73 Å². The van der Waals surface area contributed by atoms with Crippen LogP contribution < -0.4 is 10.6 Å². The lowest BCUT2D eigenvalue weighted by atomic mass is 10.1. The number of aromatic nitrogens is 1. The van der Waals surface area contributed by atoms with E-state index in [1.165, 1.54) is 0 Å². The van der Waals surface area contributed by atoms with Gasteiger partial charge in [-0.1, -0.05) is 30.3 Å². The largest absolute Gasteiger partial charge is 0.370 e. The van der Waals surface area contributed by atoms with E-state index in [4.69, 9.17) is 5.73 Å². The van der Waals surface area contributed by atoms with Crippen LogP contribution in [0.25, 0.3) is 11.3 Å². The first-order valence-corrected chi connectivity index (χ1v) is 6.86. The molecule has 2 aromatic rings. The lowest BCUT2D eigenvalue weighted by Crippen LogP contribution is -2.23. The maximum absolute atomic E-state index is 11.7. The van der Waals surface area contributed by atoms with Crippen molar-refractivity contribution in [3.05, 3.63) is 48.2 Å². The van der Waals surface area contributed by atoms with Crippen molar-refractivity contribution in [3.63, 3.8) is 0 Å². The maximum Gasteiger partial charge on any atom is 0.250 e.